The number of anilines is 1. The smallest absolute Gasteiger partial charge is 0.311 e. The zero-order valence-corrected chi connectivity index (χ0v) is 11.1. The molecule has 0 radical (unpaired) electrons. The Balaban J connectivity index is 3.09. The van der Waals surface area contributed by atoms with Crippen LogP contribution in [0.2, 0.25) is 5.15 Å². The number of methoxy groups -OCH3 is 1. The minimum absolute atomic E-state index is 0.205. The highest BCUT2D eigenvalue weighted by molar-refractivity contribution is 6.30. The molecular formula is C10H12ClN3O6. The van der Waals surface area contributed by atoms with Crippen LogP contribution in [0.4, 0.5) is 11.5 Å². The van der Waals surface area contributed by atoms with Gasteiger partial charge in [0.1, 0.15) is 11.3 Å². The molecule has 0 bridgehead atoms. The predicted molar refractivity (Wildman–Crippen MR) is 67.9 cm³/mol. The second-order valence-corrected chi connectivity index (χ2v) is 4.18. The second-order valence-electron chi connectivity index (χ2n) is 3.82. The first kappa shape index (κ1) is 16.1. The van der Waals surface area contributed by atoms with Gasteiger partial charge in [-0.15, -0.1) is 0 Å². The molecule has 2 atom stereocenters. The molecular weight excluding hydrogens is 294 g/mol. The van der Waals surface area contributed by atoms with E-state index < -0.39 is 41.0 Å². The third kappa shape index (κ3) is 3.53. The van der Waals surface area contributed by atoms with Crippen LogP contribution in [0.3, 0.4) is 0 Å². The lowest BCUT2D eigenvalue weighted by molar-refractivity contribution is -0.384. The van der Waals surface area contributed by atoms with Gasteiger partial charge in [-0.25, -0.2) is 4.98 Å². The van der Waals surface area contributed by atoms with E-state index in [2.05, 4.69) is 9.72 Å². The number of carbonyl (C=O) groups excluding carboxylic acids is 1. The fraction of sp³-hybridized carbons (Fsp3) is 0.400. The molecule has 0 saturated heterocycles. The molecule has 0 fully saturated rings. The molecule has 1 heterocycles. The summed E-state index contributed by atoms with van der Waals surface area (Å²) >= 11 is 5.71. The molecule has 0 aliphatic rings. The molecule has 4 N–H and O–H groups in total. The predicted octanol–water partition coefficient (Wildman–Crippen LogP) is 0.183. The Hall–Kier alpha value is -1.97. The number of halogens is 1. The minimum Gasteiger partial charge on any atom is -0.469 e. The summed E-state index contributed by atoms with van der Waals surface area (Å²) in [5, 5.41) is 29.9. The van der Waals surface area contributed by atoms with Crippen molar-refractivity contribution in [2.24, 2.45) is 0 Å². The number of carbonyl (C=O) groups is 1. The molecule has 0 aliphatic heterocycles. The molecule has 0 amide bonds. The number of nitro groups is 1. The van der Waals surface area contributed by atoms with E-state index in [1.54, 1.807) is 0 Å². The van der Waals surface area contributed by atoms with Crippen LogP contribution < -0.4 is 5.73 Å². The van der Waals surface area contributed by atoms with E-state index in [1.165, 1.54) is 0 Å². The number of nitrogens with zero attached hydrogens (tertiary/aromatic N) is 2. The van der Waals surface area contributed by atoms with Gasteiger partial charge in [0.15, 0.2) is 0 Å². The standard InChI is InChI=1S/C10H12ClN3O6/c1-20-7(16)3-6(15)8(17)4-2-5(14(18)19)10(12)13-9(4)11/h2,6,8,15,17H,3H2,1H3,(H2,12,13). The number of pyridine rings is 1. The van der Waals surface area contributed by atoms with Crippen molar-refractivity contribution in [1.29, 1.82) is 0 Å². The van der Waals surface area contributed by atoms with Crippen molar-refractivity contribution < 1.29 is 24.7 Å². The summed E-state index contributed by atoms with van der Waals surface area (Å²) in [7, 11) is 1.12. The van der Waals surface area contributed by atoms with Gasteiger partial charge in [0, 0.05) is 11.6 Å². The number of hydrogen-bond donors (Lipinski definition) is 3. The molecule has 9 nitrogen and oxygen atoms in total. The number of aromatic nitrogens is 1. The summed E-state index contributed by atoms with van der Waals surface area (Å²) in [6.07, 6.45) is -3.70. The first-order chi connectivity index (χ1) is 9.27. The fourth-order valence-corrected chi connectivity index (χ4v) is 1.69. The lowest BCUT2D eigenvalue weighted by Gasteiger charge is -2.17. The third-order valence-corrected chi connectivity index (χ3v) is 2.80. The zero-order chi connectivity index (χ0) is 15.4. The summed E-state index contributed by atoms with van der Waals surface area (Å²) in [5.41, 5.74) is 4.55. The molecule has 1 aromatic rings. The summed E-state index contributed by atoms with van der Waals surface area (Å²) < 4.78 is 4.33. The number of hydrogen-bond acceptors (Lipinski definition) is 8. The van der Waals surface area contributed by atoms with Crippen molar-refractivity contribution in [3.8, 4) is 0 Å². The van der Waals surface area contributed by atoms with Crippen LogP contribution in [0.15, 0.2) is 6.07 Å². The van der Waals surface area contributed by atoms with Gasteiger partial charge in [-0.1, -0.05) is 11.6 Å². The van der Waals surface area contributed by atoms with Crippen LogP contribution in [0, 0.1) is 10.1 Å². The van der Waals surface area contributed by atoms with Crippen LogP contribution >= 0.6 is 11.6 Å². The quantitative estimate of drug-likeness (QED) is 0.302. The lowest BCUT2D eigenvalue weighted by atomic mass is 10.0. The van der Waals surface area contributed by atoms with Gasteiger partial charge < -0.3 is 20.7 Å². The Kier molecular flexibility index (Phi) is 5.19. The van der Waals surface area contributed by atoms with E-state index in [1.807, 2.05) is 0 Å². The number of nitrogen functional groups attached to an aromatic ring is 1. The van der Waals surface area contributed by atoms with Gasteiger partial charge in [-0.05, 0) is 0 Å². The van der Waals surface area contributed by atoms with E-state index in [0.29, 0.717) is 0 Å². The Labute approximate surface area is 118 Å². The molecule has 0 spiro atoms. The molecule has 2 unspecified atom stereocenters. The molecule has 0 aromatic carbocycles. The normalized spacial score (nSPS) is 13.6. The van der Waals surface area contributed by atoms with E-state index in [4.69, 9.17) is 17.3 Å². The van der Waals surface area contributed by atoms with Crippen molar-refractivity contribution in [3.05, 3.63) is 26.9 Å². The van der Waals surface area contributed by atoms with Crippen molar-refractivity contribution in [2.75, 3.05) is 12.8 Å². The van der Waals surface area contributed by atoms with Gasteiger partial charge in [-0.2, -0.15) is 0 Å². The van der Waals surface area contributed by atoms with E-state index >= 15 is 0 Å². The van der Waals surface area contributed by atoms with E-state index in [0.717, 1.165) is 13.2 Å². The molecule has 1 aromatic heterocycles. The van der Waals surface area contributed by atoms with Crippen LogP contribution in [-0.4, -0.2) is 39.3 Å². The first-order valence-corrected chi connectivity index (χ1v) is 5.69. The van der Waals surface area contributed by atoms with Crippen LogP contribution in [0.5, 0.6) is 0 Å². The number of aliphatic hydroxyl groups is 2. The molecule has 110 valence electrons. The summed E-state index contributed by atoms with van der Waals surface area (Å²) in [6.45, 7) is 0. The molecule has 20 heavy (non-hydrogen) atoms. The zero-order valence-electron chi connectivity index (χ0n) is 10.3. The maximum Gasteiger partial charge on any atom is 0.311 e. The van der Waals surface area contributed by atoms with Crippen molar-refractivity contribution in [1.82, 2.24) is 4.98 Å². The Bertz CT molecular complexity index is 538. The lowest BCUT2D eigenvalue weighted by Crippen LogP contribution is -2.23. The summed E-state index contributed by atoms with van der Waals surface area (Å²) in [4.78, 5) is 24.4. The monoisotopic (exact) mass is 305 g/mol. The number of esters is 1. The van der Waals surface area contributed by atoms with Crippen molar-refractivity contribution in [3.63, 3.8) is 0 Å². The number of ether oxygens (including phenoxy) is 1. The van der Waals surface area contributed by atoms with Crippen LogP contribution in [0.25, 0.3) is 0 Å². The maximum absolute atomic E-state index is 11.0. The van der Waals surface area contributed by atoms with Crippen molar-refractivity contribution >= 4 is 29.1 Å². The second kappa shape index (κ2) is 6.46. The first-order valence-electron chi connectivity index (χ1n) is 5.31. The molecule has 0 aliphatic carbocycles. The highest BCUT2D eigenvalue weighted by atomic mass is 35.5. The number of nitrogens with two attached hydrogens (primary N) is 1. The Morgan fingerprint density at radius 1 is 1.65 bits per heavy atom. The van der Waals surface area contributed by atoms with Crippen LogP contribution in [0.1, 0.15) is 18.1 Å². The number of rotatable bonds is 5. The third-order valence-electron chi connectivity index (χ3n) is 2.49. The van der Waals surface area contributed by atoms with Gasteiger partial charge in [-0.3, -0.25) is 14.9 Å². The summed E-state index contributed by atoms with van der Waals surface area (Å²) in [6, 6.07) is 0.899. The average Bonchev–Trinajstić information content (AvgIpc) is 2.37. The summed E-state index contributed by atoms with van der Waals surface area (Å²) in [5.74, 6) is -1.18. The maximum atomic E-state index is 11.0. The van der Waals surface area contributed by atoms with E-state index in [9.17, 15) is 25.1 Å². The van der Waals surface area contributed by atoms with E-state index in [-0.39, 0.29) is 10.7 Å². The average molecular weight is 306 g/mol. The molecule has 10 heteroatoms. The Morgan fingerprint density at radius 3 is 2.75 bits per heavy atom. The van der Waals surface area contributed by atoms with Gasteiger partial charge >= 0.3 is 11.7 Å². The molecule has 0 saturated carbocycles. The van der Waals surface area contributed by atoms with Gasteiger partial charge in [0.25, 0.3) is 0 Å². The minimum atomic E-state index is -1.65. The fourth-order valence-electron chi connectivity index (χ4n) is 1.44. The topological polar surface area (TPSA) is 149 Å². The SMILES string of the molecule is COC(=O)CC(O)C(O)c1cc([N+](=O)[O-])c(N)nc1Cl. The van der Waals surface area contributed by atoms with Crippen LogP contribution in [-0.2, 0) is 9.53 Å². The highest BCUT2D eigenvalue weighted by Gasteiger charge is 2.27. The van der Waals surface area contributed by atoms with Crippen molar-refractivity contribution in [2.45, 2.75) is 18.6 Å². The Morgan fingerprint density at radius 2 is 2.25 bits per heavy atom. The number of aliphatic hydroxyl groups excluding tert-OH is 2. The van der Waals surface area contributed by atoms with Gasteiger partial charge in [0.2, 0.25) is 5.82 Å². The molecule has 1 rings (SSSR count). The highest BCUT2D eigenvalue weighted by Crippen LogP contribution is 2.31. The van der Waals surface area contributed by atoms with Gasteiger partial charge in [0.05, 0.1) is 24.6 Å². The largest absolute Gasteiger partial charge is 0.469 e.